The van der Waals surface area contributed by atoms with E-state index < -0.39 is 17.0 Å². The largest absolute Gasteiger partial charge is 0.508 e. The predicted octanol–water partition coefficient (Wildman–Crippen LogP) is 2.19. The Balaban J connectivity index is 2.92. The van der Waals surface area contributed by atoms with E-state index in [-0.39, 0.29) is 17.7 Å². The third-order valence-electron chi connectivity index (χ3n) is 3.05. The van der Waals surface area contributed by atoms with Crippen LogP contribution in [0, 0.1) is 6.92 Å². The number of carbonyl (C=O) groups is 1. The number of aromatic hydroxyl groups is 1. The lowest BCUT2D eigenvalue weighted by Gasteiger charge is -2.23. The van der Waals surface area contributed by atoms with Crippen molar-refractivity contribution in [1.82, 2.24) is 0 Å². The van der Waals surface area contributed by atoms with Gasteiger partial charge in [0.25, 0.3) is 0 Å². The molecule has 0 saturated heterocycles. The van der Waals surface area contributed by atoms with Crippen LogP contribution in [-0.4, -0.2) is 26.7 Å². The third-order valence-corrected chi connectivity index (χ3v) is 3.05. The van der Waals surface area contributed by atoms with Crippen molar-refractivity contribution in [2.75, 3.05) is 0 Å². The Bertz CT molecular complexity index is 522. The third kappa shape index (κ3) is 4.18. The quantitative estimate of drug-likeness (QED) is 0.721. The van der Waals surface area contributed by atoms with E-state index in [2.05, 4.69) is 0 Å². The molecule has 0 unspecified atom stereocenters. The molecule has 0 saturated carbocycles. The topological polar surface area (TPSA) is 77.8 Å². The molecule has 4 heteroatoms. The molecule has 4 nitrogen and oxygen atoms in total. The fraction of sp³-hybridized carbons (Fsp3) is 0.438. The normalized spacial score (nSPS) is 15.3. The van der Waals surface area contributed by atoms with Crippen LogP contribution in [0.2, 0.25) is 0 Å². The minimum absolute atomic E-state index is 0.0235. The molecular formula is C16H22O4. The van der Waals surface area contributed by atoms with Crippen molar-refractivity contribution in [3.63, 3.8) is 0 Å². The minimum atomic E-state index is -1.76. The zero-order valence-electron chi connectivity index (χ0n) is 12.3. The number of Topliss-reactive ketones (excluding diaryl/α,β-unsaturated/α-hetero) is 1. The van der Waals surface area contributed by atoms with Gasteiger partial charge in [-0.3, -0.25) is 4.79 Å². The molecule has 1 rings (SSSR count). The second-order valence-electron chi connectivity index (χ2n) is 5.78. The molecule has 0 aliphatic carbocycles. The van der Waals surface area contributed by atoms with Crippen LogP contribution in [0.3, 0.4) is 0 Å². The highest BCUT2D eigenvalue weighted by molar-refractivity contribution is 5.89. The van der Waals surface area contributed by atoms with Gasteiger partial charge in [-0.1, -0.05) is 24.3 Å². The van der Waals surface area contributed by atoms with Gasteiger partial charge in [-0.05, 0) is 39.3 Å². The number of phenolic OH excluding ortho intramolecular Hbond substituents is 1. The molecule has 1 aromatic rings. The van der Waals surface area contributed by atoms with E-state index in [0.717, 1.165) is 5.56 Å². The number of aliphatic hydroxyl groups is 2. The number of hydrogen-bond donors (Lipinski definition) is 3. The Hall–Kier alpha value is -1.65. The molecule has 0 amide bonds. The average Bonchev–Trinajstić information content (AvgIpc) is 2.26. The second-order valence-corrected chi connectivity index (χ2v) is 5.78. The number of rotatable bonds is 5. The number of allylic oxidation sites excluding steroid dienone is 1. The lowest BCUT2D eigenvalue weighted by Crippen LogP contribution is -2.32. The first-order chi connectivity index (χ1) is 9.04. The van der Waals surface area contributed by atoms with Gasteiger partial charge in [0, 0.05) is 12.0 Å². The molecule has 1 aromatic carbocycles. The summed E-state index contributed by atoms with van der Waals surface area (Å²) in [6.07, 6.45) is 2.99. The second kappa shape index (κ2) is 5.77. The smallest absolute Gasteiger partial charge is 0.172 e. The molecule has 0 aliphatic heterocycles. The van der Waals surface area contributed by atoms with Gasteiger partial charge in [0.2, 0.25) is 0 Å². The Morgan fingerprint density at radius 3 is 2.35 bits per heavy atom. The highest BCUT2D eigenvalue weighted by Gasteiger charge is 2.33. The van der Waals surface area contributed by atoms with Crippen molar-refractivity contribution < 1.29 is 20.1 Å². The standard InChI is InChI=1S/C16H22O4/c1-11-7-8-12(13(17)10-11)16(4,20)14(18)6-5-9-15(2,3)19/h5,7-10,17,19-20H,6H2,1-4H3/b9-5+/t16-/m1/s1. The molecule has 0 radical (unpaired) electrons. The summed E-state index contributed by atoms with van der Waals surface area (Å²) in [6, 6.07) is 4.77. The fourth-order valence-corrected chi connectivity index (χ4v) is 1.86. The van der Waals surface area contributed by atoms with Gasteiger partial charge < -0.3 is 15.3 Å². The Kier molecular flexibility index (Phi) is 4.73. The van der Waals surface area contributed by atoms with Crippen LogP contribution >= 0.6 is 0 Å². The maximum absolute atomic E-state index is 12.1. The Labute approximate surface area is 119 Å². The van der Waals surface area contributed by atoms with E-state index in [1.165, 1.54) is 25.1 Å². The summed E-state index contributed by atoms with van der Waals surface area (Å²) in [5, 5.41) is 29.7. The van der Waals surface area contributed by atoms with Crippen molar-refractivity contribution >= 4 is 5.78 Å². The van der Waals surface area contributed by atoms with E-state index in [4.69, 9.17) is 0 Å². The lowest BCUT2D eigenvalue weighted by molar-refractivity contribution is -0.135. The van der Waals surface area contributed by atoms with Crippen molar-refractivity contribution in [2.45, 2.75) is 45.3 Å². The zero-order valence-corrected chi connectivity index (χ0v) is 12.3. The maximum Gasteiger partial charge on any atom is 0.172 e. The van der Waals surface area contributed by atoms with Crippen LogP contribution in [-0.2, 0) is 10.4 Å². The van der Waals surface area contributed by atoms with Gasteiger partial charge in [0.1, 0.15) is 11.4 Å². The van der Waals surface area contributed by atoms with Gasteiger partial charge in [-0.25, -0.2) is 0 Å². The van der Waals surface area contributed by atoms with Gasteiger partial charge in [-0.2, -0.15) is 0 Å². The van der Waals surface area contributed by atoms with E-state index >= 15 is 0 Å². The number of ketones is 1. The molecule has 0 aromatic heterocycles. The van der Waals surface area contributed by atoms with E-state index in [1.807, 2.05) is 6.92 Å². The van der Waals surface area contributed by atoms with Crippen molar-refractivity contribution in [3.8, 4) is 5.75 Å². The van der Waals surface area contributed by atoms with Crippen molar-refractivity contribution in [1.29, 1.82) is 0 Å². The molecule has 0 bridgehead atoms. The summed E-state index contributed by atoms with van der Waals surface area (Å²) < 4.78 is 0. The van der Waals surface area contributed by atoms with Gasteiger partial charge in [-0.15, -0.1) is 0 Å². The summed E-state index contributed by atoms with van der Waals surface area (Å²) >= 11 is 0. The Morgan fingerprint density at radius 1 is 1.25 bits per heavy atom. The lowest BCUT2D eigenvalue weighted by atomic mass is 9.88. The molecule has 0 spiro atoms. The molecule has 1 atom stereocenters. The van der Waals surface area contributed by atoms with E-state index in [1.54, 1.807) is 26.0 Å². The summed E-state index contributed by atoms with van der Waals surface area (Å²) in [7, 11) is 0. The number of carbonyl (C=O) groups excluding carboxylic acids is 1. The van der Waals surface area contributed by atoms with Crippen molar-refractivity contribution in [3.05, 3.63) is 41.5 Å². The summed E-state index contributed by atoms with van der Waals surface area (Å²) in [5.74, 6) is -0.549. The van der Waals surface area contributed by atoms with E-state index in [9.17, 15) is 20.1 Å². The van der Waals surface area contributed by atoms with Crippen LogP contribution < -0.4 is 0 Å². The number of hydrogen-bond acceptors (Lipinski definition) is 4. The highest BCUT2D eigenvalue weighted by Crippen LogP contribution is 2.31. The Morgan fingerprint density at radius 2 is 1.85 bits per heavy atom. The van der Waals surface area contributed by atoms with E-state index in [0.29, 0.717) is 0 Å². The monoisotopic (exact) mass is 278 g/mol. The summed E-state index contributed by atoms with van der Waals surface area (Å²) in [6.45, 7) is 6.36. The van der Waals surface area contributed by atoms with Gasteiger partial charge >= 0.3 is 0 Å². The van der Waals surface area contributed by atoms with Crippen LogP contribution in [0.4, 0.5) is 0 Å². The number of phenols is 1. The SMILES string of the molecule is Cc1ccc([C@@](C)(O)C(=O)C/C=C/C(C)(C)O)c(O)c1. The van der Waals surface area contributed by atoms with Crippen molar-refractivity contribution in [2.24, 2.45) is 0 Å². The highest BCUT2D eigenvalue weighted by atomic mass is 16.3. The molecule has 0 heterocycles. The minimum Gasteiger partial charge on any atom is -0.508 e. The van der Waals surface area contributed by atoms with Crippen LogP contribution in [0.25, 0.3) is 0 Å². The van der Waals surface area contributed by atoms with Gasteiger partial charge in [0.15, 0.2) is 5.78 Å². The molecule has 3 N–H and O–H groups in total. The van der Waals surface area contributed by atoms with Gasteiger partial charge in [0.05, 0.1) is 5.60 Å². The molecule has 20 heavy (non-hydrogen) atoms. The maximum atomic E-state index is 12.1. The number of aryl methyl sites for hydroxylation is 1. The first kappa shape index (κ1) is 16.4. The average molecular weight is 278 g/mol. The summed E-state index contributed by atoms with van der Waals surface area (Å²) in [4.78, 5) is 12.1. The first-order valence-electron chi connectivity index (χ1n) is 6.50. The summed E-state index contributed by atoms with van der Waals surface area (Å²) in [5.41, 5.74) is -1.74. The van der Waals surface area contributed by atoms with Crippen LogP contribution in [0.1, 0.15) is 38.3 Å². The molecular weight excluding hydrogens is 256 g/mol. The van der Waals surface area contributed by atoms with Crippen LogP contribution in [0.5, 0.6) is 5.75 Å². The van der Waals surface area contributed by atoms with Crippen LogP contribution in [0.15, 0.2) is 30.4 Å². The molecule has 0 fully saturated rings. The fourth-order valence-electron chi connectivity index (χ4n) is 1.86. The zero-order chi connectivity index (χ0) is 15.6. The first-order valence-corrected chi connectivity index (χ1v) is 6.50. The molecule has 0 aliphatic rings. The number of benzene rings is 1. The predicted molar refractivity (Wildman–Crippen MR) is 77.5 cm³/mol. The molecule has 110 valence electrons.